The Hall–Kier alpha value is -1.14. The molecule has 1 amide bonds. The fraction of sp³-hybridized carbons (Fsp3) is 0.800. The molecule has 0 aliphatic carbocycles. The van der Waals surface area contributed by atoms with Gasteiger partial charge in [0.05, 0.1) is 0 Å². The molecule has 126 valence electrons. The third kappa shape index (κ3) is 5.93. The monoisotopic (exact) mass is 330 g/mol. The number of nitrogens with zero attached hydrogens (tertiary/aromatic N) is 2. The van der Waals surface area contributed by atoms with Crippen molar-refractivity contribution in [2.24, 2.45) is 0 Å². The summed E-state index contributed by atoms with van der Waals surface area (Å²) in [4.78, 5) is 16.2. The molecule has 0 saturated carbocycles. The van der Waals surface area contributed by atoms with Gasteiger partial charge in [-0.2, -0.15) is 4.98 Å². The van der Waals surface area contributed by atoms with Crippen LogP contribution in [0.2, 0.25) is 0 Å². The van der Waals surface area contributed by atoms with Gasteiger partial charge in [0.15, 0.2) is 5.82 Å². The summed E-state index contributed by atoms with van der Waals surface area (Å²) in [7, 11) is 0. The molecule has 1 aliphatic heterocycles. The Bertz CT molecular complexity index is 464. The zero-order valence-electron chi connectivity index (χ0n) is 13.6. The SMILES string of the molecule is CC(C)(C)c1noc(CCCC(=O)NC2CCCNC2)n1.Cl. The van der Waals surface area contributed by atoms with Gasteiger partial charge in [0.25, 0.3) is 0 Å². The fourth-order valence-electron chi connectivity index (χ4n) is 2.34. The quantitative estimate of drug-likeness (QED) is 0.863. The predicted molar refractivity (Wildman–Crippen MR) is 87.2 cm³/mol. The molecule has 1 saturated heterocycles. The van der Waals surface area contributed by atoms with Crippen molar-refractivity contribution in [3.05, 3.63) is 11.7 Å². The number of aromatic nitrogens is 2. The van der Waals surface area contributed by atoms with Crippen LogP contribution in [0.3, 0.4) is 0 Å². The van der Waals surface area contributed by atoms with Crippen LogP contribution in [-0.2, 0) is 16.6 Å². The minimum atomic E-state index is -0.104. The van der Waals surface area contributed by atoms with E-state index in [0.717, 1.165) is 38.2 Å². The van der Waals surface area contributed by atoms with E-state index in [1.165, 1.54) is 0 Å². The van der Waals surface area contributed by atoms with Crippen LogP contribution < -0.4 is 10.6 Å². The number of aryl methyl sites for hydroxylation is 1. The van der Waals surface area contributed by atoms with Gasteiger partial charge in [0, 0.05) is 30.8 Å². The van der Waals surface area contributed by atoms with Gasteiger partial charge in [-0.3, -0.25) is 4.79 Å². The molecule has 2 rings (SSSR count). The van der Waals surface area contributed by atoms with Crippen LogP contribution in [0.25, 0.3) is 0 Å². The maximum atomic E-state index is 11.9. The van der Waals surface area contributed by atoms with E-state index in [4.69, 9.17) is 4.52 Å². The van der Waals surface area contributed by atoms with Crippen molar-refractivity contribution >= 4 is 18.3 Å². The minimum Gasteiger partial charge on any atom is -0.352 e. The molecule has 1 unspecified atom stereocenters. The first-order valence-electron chi connectivity index (χ1n) is 7.78. The summed E-state index contributed by atoms with van der Waals surface area (Å²) < 4.78 is 5.22. The van der Waals surface area contributed by atoms with Crippen molar-refractivity contribution < 1.29 is 9.32 Å². The third-order valence-corrected chi connectivity index (χ3v) is 3.60. The summed E-state index contributed by atoms with van der Waals surface area (Å²) in [5.41, 5.74) is -0.104. The Kier molecular flexibility index (Phi) is 7.29. The molecule has 1 aliphatic rings. The second-order valence-electron chi connectivity index (χ2n) is 6.73. The molecule has 0 spiro atoms. The summed E-state index contributed by atoms with van der Waals surface area (Å²) in [6.07, 6.45) is 4.08. The van der Waals surface area contributed by atoms with Crippen LogP contribution in [0.5, 0.6) is 0 Å². The molecule has 2 heterocycles. The number of hydrogen-bond donors (Lipinski definition) is 2. The van der Waals surface area contributed by atoms with Crippen molar-refractivity contribution in [3.63, 3.8) is 0 Å². The third-order valence-electron chi connectivity index (χ3n) is 3.60. The molecule has 1 atom stereocenters. The molecule has 1 aromatic rings. The molecule has 1 aromatic heterocycles. The van der Waals surface area contributed by atoms with Crippen LogP contribution in [-0.4, -0.2) is 35.2 Å². The average Bonchev–Trinajstić information content (AvgIpc) is 2.88. The molecule has 0 aromatic carbocycles. The topological polar surface area (TPSA) is 80.0 Å². The van der Waals surface area contributed by atoms with Crippen molar-refractivity contribution in [1.82, 2.24) is 20.8 Å². The number of amides is 1. The highest BCUT2D eigenvalue weighted by molar-refractivity contribution is 5.85. The van der Waals surface area contributed by atoms with Gasteiger partial charge in [-0.15, -0.1) is 12.4 Å². The van der Waals surface area contributed by atoms with Crippen LogP contribution in [0.4, 0.5) is 0 Å². The highest BCUT2D eigenvalue weighted by atomic mass is 35.5. The smallest absolute Gasteiger partial charge is 0.226 e. The van der Waals surface area contributed by atoms with Gasteiger partial charge < -0.3 is 15.2 Å². The average molecular weight is 331 g/mol. The van der Waals surface area contributed by atoms with E-state index >= 15 is 0 Å². The maximum absolute atomic E-state index is 11.9. The first-order valence-corrected chi connectivity index (χ1v) is 7.78. The number of halogens is 1. The van der Waals surface area contributed by atoms with Gasteiger partial charge in [-0.1, -0.05) is 25.9 Å². The summed E-state index contributed by atoms with van der Waals surface area (Å²) in [6, 6.07) is 0.280. The van der Waals surface area contributed by atoms with E-state index in [9.17, 15) is 4.79 Å². The van der Waals surface area contributed by atoms with E-state index in [1.807, 2.05) is 20.8 Å². The first kappa shape index (κ1) is 18.9. The van der Waals surface area contributed by atoms with E-state index in [-0.39, 0.29) is 29.8 Å². The Morgan fingerprint density at radius 1 is 1.45 bits per heavy atom. The van der Waals surface area contributed by atoms with Crippen molar-refractivity contribution in [3.8, 4) is 0 Å². The Balaban J connectivity index is 0.00000242. The maximum Gasteiger partial charge on any atom is 0.226 e. The lowest BCUT2D eigenvalue weighted by molar-refractivity contribution is -0.122. The predicted octanol–water partition coefficient (Wildman–Crippen LogP) is 1.98. The lowest BCUT2D eigenvalue weighted by Gasteiger charge is -2.23. The van der Waals surface area contributed by atoms with Crippen molar-refractivity contribution in [2.45, 2.75) is 64.3 Å². The van der Waals surface area contributed by atoms with Crippen molar-refractivity contribution in [1.29, 1.82) is 0 Å². The van der Waals surface area contributed by atoms with E-state index < -0.39 is 0 Å². The Morgan fingerprint density at radius 2 is 2.23 bits per heavy atom. The molecular weight excluding hydrogens is 304 g/mol. The van der Waals surface area contributed by atoms with Gasteiger partial charge in [0.2, 0.25) is 11.8 Å². The number of nitrogens with one attached hydrogen (secondary N) is 2. The highest BCUT2D eigenvalue weighted by Gasteiger charge is 2.21. The van der Waals surface area contributed by atoms with Crippen LogP contribution >= 0.6 is 12.4 Å². The summed E-state index contributed by atoms with van der Waals surface area (Å²) in [5, 5.41) is 10.3. The molecule has 2 N–H and O–H groups in total. The molecule has 0 bridgehead atoms. The number of hydrogen-bond acceptors (Lipinski definition) is 5. The van der Waals surface area contributed by atoms with Gasteiger partial charge in [0.1, 0.15) is 0 Å². The number of rotatable bonds is 5. The number of carbonyl (C=O) groups is 1. The Labute approximate surface area is 138 Å². The normalized spacial score (nSPS) is 18.6. The second kappa shape index (κ2) is 8.48. The first-order chi connectivity index (χ1) is 9.95. The minimum absolute atomic E-state index is 0. The van der Waals surface area contributed by atoms with Crippen LogP contribution in [0.15, 0.2) is 4.52 Å². The molecule has 6 nitrogen and oxygen atoms in total. The molecular formula is C15H27ClN4O2. The molecule has 1 fully saturated rings. The fourth-order valence-corrected chi connectivity index (χ4v) is 2.34. The zero-order chi connectivity index (χ0) is 15.3. The van der Waals surface area contributed by atoms with E-state index in [1.54, 1.807) is 0 Å². The van der Waals surface area contributed by atoms with Crippen LogP contribution in [0, 0.1) is 0 Å². The zero-order valence-corrected chi connectivity index (χ0v) is 14.5. The lowest BCUT2D eigenvalue weighted by atomic mass is 9.96. The summed E-state index contributed by atoms with van der Waals surface area (Å²) in [5.74, 6) is 1.45. The van der Waals surface area contributed by atoms with E-state index in [2.05, 4.69) is 20.8 Å². The summed E-state index contributed by atoms with van der Waals surface area (Å²) in [6.45, 7) is 8.08. The number of carbonyl (C=O) groups excluding carboxylic acids is 1. The Morgan fingerprint density at radius 3 is 2.82 bits per heavy atom. The van der Waals surface area contributed by atoms with Gasteiger partial charge in [-0.25, -0.2) is 0 Å². The molecule has 0 radical (unpaired) electrons. The lowest BCUT2D eigenvalue weighted by Crippen LogP contribution is -2.45. The largest absolute Gasteiger partial charge is 0.352 e. The van der Waals surface area contributed by atoms with E-state index in [0.29, 0.717) is 18.7 Å². The second-order valence-corrected chi connectivity index (χ2v) is 6.73. The summed E-state index contributed by atoms with van der Waals surface area (Å²) >= 11 is 0. The van der Waals surface area contributed by atoms with Gasteiger partial charge in [-0.05, 0) is 25.8 Å². The molecule has 7 heteroatoms. The highest BCUT2D eigenvalue weighted by Crippen LogP contribution is 2.18. The van der Waals surface area contributed by atoms with Crippen molar-refractivity contribution in [2.75, 3.05) is 13.1 Å². The number of piperidine rings is 1. The molecule has 22 heavy (non-hydrogen) atoms. The van der Waals surface area contributed by atoms with Gasteiger partial charge >= 0.3 is 0 Å². The van der Waals surface area contributed by atoms with Crippen LogP contribution in [0.1, 0.15) is 58.2 Å². The standard InChI is InChI=1S/C15H26N4O2.ClH/c1-15(2,3)14-18-13(21-19-14)8-4-7-12(20)17-11-6-5-9-16-10-11;/h11,16H,4-10H2,1-3H3,(H,17,20);1H.